The lowest BCUT2D eigenvalue weighted by Gasteiger charge is -2.37. The summed E-state index contributed by atoms with van der Waals surface area (Å²) < 4.78 is 0. The van der Waals surface area contributed by atoms with Crippen LogP contribution < -0.4 is 0 Å². The van der Waals surface area contributed by atoms with Gasteiger partial charge in [-0.3, -0.25) is 14.4 Å². The molecule has 0 aromatic rings. The Morgan fingerprint density at radius 3 is 2.09 bits per heavy atom. The van der Waals surface area contributed by atoms with Gasteiger partial charge < -0.3 is 20.4 Å². The summed E-state index contributed by atoms with van der Waals surface area (Å²) in [7, 11) is 0. The summed E-state index contributed by atoms with van der Waals surface area (Å²) in [6.45, 7) is 17.6. The Bertz CT molecular complexity index is 969. The molecule has 1 unspecified atom stereocenters. The van der Waals surface area contributed by atoms with Crippen molar-refractivity contribution in [1.29, 1.82) is 0 Å². The first-order valence-electron chi connectivity index (χ1n) is 12.0. The molecule has 2 aliphatic carbocycles. The molecule has 1 saturated carbocycles. The van der Waals surface area contributed by atoms with Crippen LogP contribution in [0.3, 0.4) is 0 Å². The Kier molecular flexibility index (Phi) is 9.87. The van der Waals surface area contributed by atoms with Gasteiger partial charge in [-0.1, -0.05) is 37.6 Å². The largest absolute Gasteiger partial charge is 0.511 e. The van der Waals surface area contributed by atoms with Crippen LogP contribution in [0.4, 0.5) is 0 Å². The van der Waals surface area contributed by atoms with Crippen LogP contribution in [0.25, 0.3) is 0 Å². The summed E-state index contributed by atoms with van der Waals surface area (Å²) in [6, 6.07) is 0. The zero-order chi connectivity index (χ0) is 27.5. The molecule has 4 N–H and O–H groups in total. The fourth-order valence-electron chi connectivity index (χ4n) is 4.83. The fourth-order valence-corrected chi connectivity index (χ4v) is 4.83. The predicted molar refractivity (Wildman–Crippen MR) is 136 cm³/mol. The van der Waals surface area contributed by atoms with E-state index >= 15 is 0 Å². The van der Waals surface area contributed by atoms with Crippen molar-refractivity contribution in [3.8, 4) is 0 Å². The summed E-state index contributed by atoms with van der Waals surface area (Å²) in [5, 5.41) is 40.7. The van der Waals surface area contributed by atoms with Gasteiger partial charge in [0.2, 0.25) is 0 Å². The third-order valence-electron chi connectivity index (χ3n) is 7.05. The Balaban J connectivity index is 0.00000142. The molecule has 35 heavy (non-hydrogen) atoms. The van der Waals surface area contributed by atoms with Gasteiger partial charge in [-0.2, -0.15) is 0 Å². The molecule has 7 heteroatoms. The summed E-state index contributed by atoms with van der Waals surface area (Å²) in [4.78, 5) is 35.3. The third-order valence-corrected chi connectivity index (χ3v) is 7.05. The van der Waals surface area contributed by atoms with Gasteiger partial charge in [0.25, 0.3) is 5.97 Å². The van der Waals surface area contributed by atoms with E-state index < -0.39 is 40.2 Å². The Morgan fingerprint density at radius 2 is 1.66 bits per heavy atom. The average Bonchev–Trinajstić information content (AvgIpc) is 3.02. The van der Waals surface area contributed by atoms with Crippen molar-refractivity contribution in [2.75, 3.05) is 0 Å². The molecule has 0 aromatic carbocycles. The molecule has 0 bridgehead atoms. The van der Waals surface area contributed by atoms with Crippen molar-refractivity contribution in [2.24, 2.45) is 23.2 Å². The van der Waals surface area contributed by atoms with Crippen LogP contribution in [0.2, 0.25) is 0 Å². The van der Waals surface area contributed by atoms with Crippen LogP contribution in [-0.4, -0.2) is 43.6 Å². The number of carboxylic acids is 1. The molecular weight excluding hydrogens is 448 g/mol. The summed E-state index contributed by atoms with van der Waals surface area (Å²) in [6.07, 6.45) is 3.58. The first-order valence-corrected chi connectivity index (χ1v) is 12.0. The number of carbonyl (C=O) groups excluding carboxylic acids is 2. The van der Waals surface area contributed by atoms with Crippen LogP contribution in [0.15, 0.2) is 46.5 Å². The Morgan fingerprint density at radius 1 is 1.14 bits per heavy atom. The first kappa shape index (κ1) is 30.4. The van der Waals surface area contributed by atoms with Crippen molar-refractivity contribution in [3.63, 3.8) is 0 Å². The number of Topliss-reactive ketones (excluding diaryl/α,β-unsaturated/α-hetero) is 2. The zero-order valence-corrected chi connectivity index (χ0v) is 22.4. The van der Waals surface area contributed by atoms with E-state index in [1.165, 1.54) is 0 Å². The number of aliphatic hydroxyl groups excluding tert-OH is 2. The Hall–Kier alpha value is -2.67. The van der Waals surface area contributed by atoms with Gasteiger partial charge >= 0.3 is 0 Å². The number of hydrogen-bond acceptors (Lipinski definition) is 6. The molecular formula is C28H42O7. The average molecular weight is 491 g/mol. The maximum atomic E-state index is 13.4. The minimum atomic E-state index is -1.35. The van der Waals surface area contributed by atoms with Crippen molar-refractivity contribution >= 4 is 17.5 Å². The SMILES string of the molecule is C=C(C)[C@H]1CC[C@](C)(O)[C@@H]1CC1=C(O)C(C)(CC=C(C)C)C(=O)C(C(=O)C(C)C)=C1O.CC(=O)O. The van der Waals surface area contributed by atoms with Crippen molar-refractivity contribution < 1.29 is 34.8 Å². The highest BCUT2D eigenvalue weighted by atomic mass is 16.4. The lowest BCUT2D eigenvalue weighted by molar-refractivity contribution is -0.134. The van der Waals surface area contributed by atoms with Gasteiger partial charge in [0.05, 0.1) is 11.0 Å². The number of aliphatic hydroxyl groups is 3. The molecule has 7 nitrogen and oxygen atoms in total. The topological polar surface area (TPSA) is 132 Å². The zero-order valence-electron chi connectivity index (χ0n) is 22.4. The summed E-state index contributed by atoms with van der Waals surface area (Å²) in [5.41, 5.74) is -0.480. The van der Waals surface area contributed by atoms with Gasteiger partial charge in [-0.05, 0) is 72.1 Å². The molecule has 1 fully saturated rings. The minimum Gasteiger partial charge on any atom is -0.511 e. The number of ketones is 2. The lowest BCUT2D eigenvalue weighted by Crippen LogP contribution is -2.41. The highest BCUT2D eigenvalue weighted by molar-refractivity contribution is 6.24. The molecule has 0 aliphatic heterocycles. The number of hydrogen-bond donors (Lipinski definition) is 4. The molecule has 0 saturated heterocycles. The number of carbonyl (C=O) groups is 3. The quantitative estimate of drug-likeness (QED) is 0.269. The molecule has 0 heterocycles. The van der Waals surface area contributed by atoms with Crippen LogP contribution in [-0.2, 0) is 14.4 Å². The minimum absolute atomic E-state index is 0.0222. The monoisotopic (exact) mass is 490 g/mol. The van der Waals surface area contributed by atoms with Gasteiger partial charge in [-0.15, -0.1) is 0 Å². The highest BCUT2D eigenvalue weighted by Crippen LogP contribution is 2.50. The second kappa shape index (κ2) is 11.4. The van der Waals surface area contributed by atoms with Gasteiger partial charge in [0.15, 0.2) is 11.6 Å². The van der Waals surface area contributed by atoms with Crippen LogP contribution in [0, 0.1) is 23.2 Å². The lowest BCUT2D eigenvalue weighted by atomic mass is 9.67. The maximum Gasteiger partial charge on any atom is 0.300 e. The molecule has 2 aliphatic rings. The van der Waals surface area contributed by atoms with E-state index in [-0.39, 0.29) is 41.6 Å². The van der Waals surface area contributed by atoms with Crippen molar-refractivity contribution in [2.45, 2.75) is 86.7 Å². The standard InChI is InChI=1S/C26H38O5.C2H4O2/c1-14(2)9-11-25(7)23(29)18(22(28)20(24(25)30)21(27)16(5)6)13-19-17(15(3)4)10-12-26(19,8)31;1-2(3)4/h9,16-17,19,28-29,31H,3,10-13H2,1-2,4-8H3;1H3,(H,3,4)/t17-,19-,25?,26+;/m1./s1. The third kappa shape index (κ3) is 6.72. The second-order valence-electron chi connectivity index (χ2n) is 10.9. The molecule has 0 radical (unpaired) electrons. The predicted octanol–water partition coefficient (Wildman–Crippen LogP) is 5.62. The van der Waals surface area contributed by atoms with E-state index in [1.807, 2.05) is 26.8 Å². The van der Waals surface area contributed by atoms with E-state index in [1.54, 1.807) is 27.7 Å². The Labute approximate surface area is 208 Å². The molecule has 0 amide bonds. The first-order chi connectivity index (χ1) is 15.9. The van der Waals surface area contributed by atoms with E-state index in [0.717, 1.165) is 24.5 Å². The summed E-state index contributed by atoms with van der Waals surface area (Å²) >= 11 is 0. The smallest absolute Gasteiger partial charge is 0.300 e. The van der Waals surface area contributed by atoms with E-state index in [4.69, 9.17) is 9.90 Å². The molecule has 0 aromatic heterocycles. The number of rotatable bonds is 7. The second-order valence-corrected chi connectivity index (χ2v) is 10.9. The molecule has 4 atom stereocenters. The fraction of sp³-hybridized carbons (Fsp3) is 0.607. The number of carboxylic acid groups (broad SMARTS) is 1. The van der Waals surface area contributed by atoms with E-state index in [9.17, 15) is 24.9 Å². The molecule has 196 valence electrons. The van der Waals surface area contributed by atoms with E-state index in [0.29, 0.717) is 6.42 Å². The van der Waals surface area contributed by atoms with Gasteiger partial charge in [0, 0.05) is 18.4 Å². The van der Waals surface area contributed by atoms with Gasteiger partial charge in [0.1, 0.15) is 17.1 Å². The maximum absolute atomic E-state index is 13.4. The summed E-state index contributed by atoms with van der Waals surface area (Å²) in [5.74, 6) is -3.24. The molecule has 0 spiro atoms. The van der Waals surface area contributed by atoms with Crippen molar-refractivity contribution in [3.05, 3.63) is 46.5 Å². The van der Waals surface area contributed by atoms with Gasteiger partial charge in [-0.25, -0.2) is 0 Å². The van der Waals surface area contributed by atoms with E-state index in [2.05, 4.69) is 6.58 Å². The number of allylic oxidation sites excluding steroid dienone is 6. The van der Waals surface area contributed by atoms with Crippen molar-refractivity contribution in [1.82, 2.24) is 0 Å². The highest BCUT2D eigenvalue weighted by Gasteiger charge is 2.51. The van der Waals surface area contributed by atoms with Crippen LogP contribution in [0.5, 0.6) is 0 Å². The number of aliphatic carboxylic acids is 1. The normalized spacial score (nSPS) is 28.6. The van der Waals surface area contributed by atoms with Crippen LogP contribution >= 0.6 is 0 Å². The molecule has 2 rings (SSSR count). The van der Waals surface area contributed by atoms with Crippen LogP contribution in [0.1, 0.15) is 81.1 Å².